The minimum atomic E-state index is -0.998. The number of phenolic OH excluding ortho intramolecular Hbond substituents is 1. The Kier molecular flexibility index (Phi) is 4.86. The second-order valence-corrected chi connectivity index (χ2v) is 8.41. The molecule has 164 valence electrons. The Morgan fingerprint density at radius 2 is 1.88 bits per heavy atom. The summed E-state index contributed by atoms with van der Waals surface area (Å²) in [5, 5.41) is 10.5. The van der Waals surface area contributed by atoms with Crippen LogP contribution in [0.25, 0.3) is 0 Å². The van der Waals surface area contributed by atoms with Gasteiger partial charge in [-0.05, 0) is 36.5 Å². The third-order valence-electron chi connectivity index (χ3n) is 6.84. The van der Waals surface area contributed by atoms with Gasteiger partial charge >= 0.3 is 6.16 Å². The molecule has 7 nitrogen and oxygen atoms in total. The largest absolute Gasteiger partial charge is 0.514 e. The molecule has 32 heavy (non-hydrogen) atoms. The lowest BCUT2D eigenvalue weighted by atomic mass is 9.53. The summed E-state index contributed by atoms with van der Waals surface area (Å²) in [6.07, 6.45) is 4.15. The van der Waals surface area contributed by atoms with Gasteiger partial charge in [0.15, 0.2) is 11.6 Å². The fourth-order valence-corrected chi connectivity index (χ4v) is 5.31. The monoisotopic (exact) mass is 434 g/mol. The van der Waals surface area contributed by atoms with Gasteiger partial charge < -0.3 is 19.3 Å². The van der Waals surface area contributed by atoms with Crippen LogP contribution in [0.1, 0.15) is 39.1 Å². The van der Waals surface area contributed by atoms with Gasteiger partial charge in [-0.1, -0.05) is 42.5 Å². The van der Waals surface area contributed by atoms with Gasteiger partial charge in [0.25, 0.3) is 0 Å². The SMILES string of the molecule is CO[C@@]12C=C[C@@H](CC1)[C@H]1C(=O)c3c(OC(=O)OCc4ccccc4)ccc(O)c3C(=O)[C@H]12. The molecular weight excluding hydrogens is 412 g/mol. The maximum absolute atomic E-state index is 13.6. The number of ketones is 2. The highest BCUT2D eigenvalue weighted by Crippen LogP contribution is 2.55. The van der Waals surface area contributed by atoms with Crippen LogP contribution in [0.4, 0.5) is 4.79 Å². The number of Topliss-reactive ketones (excluding diaryl/α,β-unsaturated/α-hetero) is 2. The quantitative estimate of drug-likeness (QED) is 0.440. The van der Waals surface area contributed by atoms with Crippen LogP contribution in [0.5, 0.6) is 11.5 Å². The maximum atomic E-state index is 13.6. The molecule has 4 atom stereocenters. The highest BCUT2D eigenvalue weighted by Gasteiger charge is 2.60. The molecule has 0 amide bonds. The van der Waals surface area contributed by atoms with Crippen LogP contribution in [-0.4, -0.2) is 35.5 Å². The summed E-state index contributed by atoms with van der Waals surface area (Å²) in [5.41, 5.74) is -0.287. The van der Waals surface area contributed by atoms with Crippen molar-refractivity contribution in [3.8, 4) is 11.5 Å². The van der Waals surface area contributed by atoms with E-state index < -0.39 is 23.6 Å². The molecule has 0 aliphatic heterocycles. The molecule has 0 heterocycles. The summed E-state index contributed by atoms with van der Waals surface area (Å²) >= 11 is 0. The predicted octanol–water partition coefficient (Wildman–Crippen LogP) is 4.08. The molecular formula is C25H22O7. The molecule has 0 spiro atoms. The topological polar surface area (TPSA) is 99.1 Å². The smallest absolute Gasteiger partial charge is 0.507 e. The van der Waals surface area contributed by atoms with E-state index >= 15 is 0 Å². The zero-order chi connectivity index (χ0) is 22.5. The summed E-state index contributed by atoms with van der Waals surface area (Å²) in [4.78, 5) is 39.4. The van der Waals surface area contributed by atoms with E-state index in [9.17, 15) is 19.5 Å². The molecule has 6 rings (SSSR count). The lowest BCUT2D eigenvalue weighted by Gasteiger charge is -2.52. The van der Waals surface area contributed by atoms with Gasteiger partial charge in [0.05, 0.1) is 22.6 Å². The number of methoxy groups -OCH3 is 1. The third kappa shape index (κ3) is 3.04. The second-order valence-electron chi connectivity index (χ2n) is 8.41. The van der Waals surface area contributed by atoms with Crippen LogP contribution < -0.4 is 4.74 Å². The lowest BCUT2D eigenvalue weighted by Crippen LogP contribution is -2.58. The third-order valence-corrected chi connectivity index (χ3v) is 6.84. The van der Waals surface area contributed by atoms with Crippen LogP contribution in [0.3, 0.4) is 0 Å². The van der Waals surface area contributed by atoms with Crippen molar-refractivity contribution in [2.45, 2.75) is 25.0 Å². The lowest BCUT2D eigenvalue weighted by molar-refractivity contribution is -0.0693. The average Bonchev–Trinajstić information content (AvgIpc) is 2.83. The molecule has 2 aromatic carbocycles. The number of fused-ring (bicyclic) bond motifs is 2. The van der Waals surface area contributed by atoms with Crippen molar-refractivity contribution >= 4 is 17.7 Å². The Labute approximate surface area is 184 Å². The molecule has 1 N–H and O–H groups in total. The zero-order valence-corrected chi connectivity index (χ0v) is 17.4. The fraction of sp³-hybridized carbons (Fsp3) is 0.320. The molecule has 4 aliphatic carbocycles. The number of aromatic hydroxyl groups is 1. The number of rotatable bonds is 4. The second kappa shape index (κ2) is 7.60. The molecule has 0 aromatic heterocycles. The Balaban J connectivity index is 1.48. The minimum Gasteiger partial charge on any atom is -0.507 e. The van der Waals surface area contributed by atoms with Gasteiger partial charge in [-0.2, -0.15) is 0 Å². The van der Waals surface area contributed by atoms with E-state index in [-0.39, 0.29) is 46.7 Å². The summed E-state index contributed by atoms with van der Waals surface area (Å²) in [5.74, 6) is -2.58. The molecule has 0 unspecified atom stereocenters. The van der Waals surface area contributed by atoms with Crippen LogP contribution in [0.15, 0.2) is 54.6 Å². The predicted molar refractivity (Wildman–Crippen MR) is 113 cm³/mol. The van der Waals surface area contributed by atoms with Crippen LogP contribution in [0.2, 0.25) is 0 Å². The molecule has 2 aromatic rings. The van der Waals surface area contributed by atoms with E-state index in [0.717, 1.165) is 5.56 Å². The highest BCUT2D eigenvalue weighted by atomic mass is 16.7. The Morgan fingerprint density at radius 3 is 2.56 bits per heavy atom. The normalized spacial score (nSPS) is 27.6. The number of hydrogen-bond donors (Lipinski definition) is 1. The van der Waals surface area contributed by atoms with Crippen molar-refractivity contribution < 1.29 is 33.7 Å². The number of phenols is 1. The fourth-order valence-electron chi connectivity index (χ4n) is 5.31. The Hall–Kier alpha value is -3.45. The van der Waals surface area contributed by atoms with Gasteiger partial charge in [0, 0.05) is 13.0 Å². The number of hydrogen-bond acceptors (Lipinski definition) is 7. The molecule has 4 aliphatic rings. The molecule has 7 heteroatoms. The van der Waals surface area contributed by atoms with Crippen molar-refractivity contribution in [3.63, 3.8) is 0 Å². The first-order chi connectivity index (χ1) is 15.4. The first-order valence-corrected chi connectivity index (χ1v) is 10.5. The van der Waals surface area contributed by atoms with E-state index in [4.69, 9.17) is 14.2 Å². The number of carbonyl (C=O) groups is 3. The number of benzene rings is 2. The first kappa shape index (κ1) is 20.5. The van der Waals surface area contributed by atoms with Gasteiger partial charge in [-0.3, -0.25) is 9.59 Å². The average molecular weight is 434 g/mol. The molecule has 0 radical (unpaired) electrons. The number of carbonyl (C=O) groups excluding carboxylic acids is 3. The van der Waals surface area contributed by atoms with Crippen molar-refractivity contribution in [2.75, 3.05) is 7.11 Å². The van der Waals surface area contributed by atoms with E-state index in [1.165, 1.54) is 19.2 Å². The molecule has 2 bridgehead atoms. The van der Waals surface area contributed by atoms with E-state index in [1.54, 1.807) is 12.1 Å². The van der Waals surface area contributed by atoms with Crippen LogP contribution in [0, 0.1) is 17.8 Å². The summed E-state index contributed by atoms with van der Waals surface area (Å²) < 4.78 is 16.2. The van der Waals surface area contributed by atoms with E-state index in [0.29, 0.717) is 12.8 Å². The van der Waals surface area contributed by atoms with Crippen molar-refractivity contribution in [2.24, 2.45) is 17.8 Å². The van der Waals surface area contributed by atoms with Crippen molar-refractivity contribution in [3.05, 3.63) is 71.3 Å². The van der Waals surface area contributed by atoms with Crippen molar-refractivity contribution in [1.29, 1.82) is 0 Å². The van der Waals surface area contributed by atoms with Gasteiger partial charge in [-0.15, -0.1) is 0 Å². The maximum Gasteiger partial charge on any atom is 0.514 e. The zero-order valence-electron chi connectivity index (χ0n) is 17.4. The standard InChI is InChI=1S/C25H22O7/c1-30-25-11-9-15(10-12-25)18-21(25)23(28)19-16(26)7-8-17(20(19)22(18)27)32-24(29)31-13-14-5-3-2-4-6-14/h2-9,11,15,18,21,26H,10,12-13H2,1H3/t15-,18+,21-,25-/m0/s1. The van der Waals surface area contributed by atoms with Crippen LogP contribution in [-0.2, 0) is 16.1 Å². The van der Waals surface area contributed by atoms with Gasteiger partial charge in [-0.25, -0.2) is 4.79 Å². The molecule has 0 saturated heterocycles. The summed E-state index contributed by atoms with van der Waals surface area (Å²) in [7, 11) is 1.53. The number of ether oxygens (including phenoxy) is 3. The Bertz CT molecular complexity index is 1140. The van der Waals surface area contributed by atoms with Gasteiger partial charge in [0.2, 0.25) is 0 Å². The number of allylic oxidation sites excluding steroid dienone is 1. The Morgan fingerprint density at radius 1 is 1.09 bits per heavy atom. The van der Waals surface area contributed by atoms with E-state index in [1.807, 2.05) is 30.4 Å². The highest BCUT2D eigenvalue weighted by molar-refractivity contribution is 6.19. The summed E-state index contributed by atoms with van der Waals surface area (Å²) in [6.45, 7) is 0.000745. The summed E-state index contributed by atoms with van der Waals surface area (Å²) in [6, 6.07) is 11.7. The molecule has 1 saturated carbocycles. The van der Waals surface area contributed by atoms with Gasteiger partial charge in [0.1, 0.15) is 18.1 Å². The van der Waals surface area contributed by atoms with Crippen LogP contribution >= 0.6 is 0 Å². The van der Waals surface area contributed by atoms with E-state index in [2.05, 4.69) is 0 Å². The molecule has 1 fully saturated rings. The minimum absolute atomic E-state index is 0.000745. The first-order valence-electron chi connectivity index (χ1n) is 10.5. The van der Waals surface area contributed by atoms with Crippen molar-refractivity contribution in [1.82, 2.24) is 0 Å².